The number of nitrogens with zero attached hydrogens (tertiary/aromatic N) is 3. The summed E-state index contributed by atoms with van der Waals surface area (Å²) in [6, 6.07) is 13.1. The van der Waals surface area contributed by atoms with Crippen molar-refractivity contribution in [3.05, 3.63) is 69.2 Å². The van der Waals surface area contributed by atoms with Gasteiger partial charge in [-0.3, -0.25) is 15.5 Å². The zero-order chi connectivity index (χ0) is 20.9. The molecule has 2 aromatic rings. The molecule has 0 unspecified atom stereocenters. The van der Waals surface area contributed by atoms with Crippen LogP contribution in [0.25, 0.3) is 6.08 Å². The van der Waals surface area contributed by atoms with Crippen LogP contribution in [0.3, 0.4) is 0 Å². The fourth-order valence-corrected chi connectivity index (χ4v) is 4.62. The number of sulfonamides is 1. The van der Waals surface area contributed by atoms with Crippen molar-refractivity contribution in [3.63, 3.8) is 0 Å². The largest absolute Gasteiger partial charge is 0.295 e. The summed E-state index contributed by atoms with van der Waals surface area (Å²) in [5.41, 5.74) is 3.12. The molecule has 2 aromatic carbocycles. The Morgan fingerprint density at radius 1 is 1.17 bits per heavy atom. The Bertz CT molecular complexity index is 1050. The minimum atomic E-state index is -3.75. The van der Waals surface area contributed by atoms with Crippen molar-refractivity contribution in [2.45, 2.75) is 17.7 Å². The van der Waals surface area contributed by atoms with Crippen molar-refractivity contribution in [2.75, 3.05) is 18.5 Å². The van der Waals surface area contributed by atoms with Gasteiger partial charge in [0.25, 0.3) is 5.69 Å². The number of nitro benzene ring substituents is 1. The van der Waals surface area contributed by atoms with E-state index in [1.807, 2.05) is 30.3 Å². The van der Waals surface area contributed by atoms with E-state index in [0.717, 1.165) is 24.5 Å². The second-order valence-electron chi connectivity index (χ2n) is 6.36. The smallest absolute Gasteiger partial charge is 0.272 e. The maximum atomic E-state index is 12.6. The van der Waals surface area contributed by atoms with Crippen molar-refractivity contribution in [3.8, 4) is 0 Å². The van der Waals surface area contributed by atoms with Crippen LogP contribution in [-0.2, 0) is 10.0 Å². The average molecular weight is 435 g/mol. The molecule has 152 valence electrons. The molecule has 0 amide bonds. The monoisotopic (exact) mass is 434 g/mol. The molecular weight excluding hydrogens is 416 g/mol. The summed E-state index contributed by atoms with van der Waals surface area (Å²) in [5.74, 6) is 0. The third-order valence-electron chi connectivity index (χ3n) is 4.35. The number of hydrogen-bond acceptors (Lipinski definition) is 6. The predicted octanol–water partition coefficient (Wildman–Crippen LogP) is 4.06. The Labute approximate surface area is 173 Å². The fraction of sp³-hybridized carbons (Fsp3) is 0.211. The van der Waals surface area contributed by atoms with Gasteiger partial charge in [-0.15, -0.1) is 0 Å². The molecule has 0 bridgehead atoms. The van der Waals surface area contributed by atoms with Crippen LogP contribution in [0.4, 0.5) is 11.4 Å². The van der Waals surface area contributed by atoms with Crippen LogP contribution in [0.2, 0.25) is 0 Å². The quantitative estimate of drug-likeness (QED) is 0.402. The van der Waals surface area contributed by atoms with E-state index in [1.54, 1.807) is 6.08 Å². The van der Waals surface area contributed by atoms with E-state index < -0.39 is 14.9 Å². The molecule has 0 atom stereocenters. The van der Waals surface area contributed by atoms with Crippen LogP contribution < -0.4 is 5.43 Å². The lowest BCUT2D eigenvalue weighted by atomic mass is 10.2. The first-order chi connectivity index (χ1) is 13.9. The van der Waals surface area contributed by atoms with Gasteiger partial charge in [-0.05, 0) is 36.6 Å². The lowest BCUT2D eigenvalue weighted by molar-refractivity contribution is -0.384. The van der Waals surface area contributed by atoms with Gasteiger partial charge in [0.2, 0.25) is 10.0 Å². The molecule has 8 nitrogen and oxygen atoms in total. The summed E-state index contributed by atoms with van der Waals surface area (Å²) in [4.78, 5) is 10.7. The molecule has 1 heterocycles. The maximum Gasteiger partial charge on any atom is 0.295 e. The van der Waals surface area contributed by atoms with Crippen molar-refractivity contribution >= 4 is 45.3 Å². The van der Waals surface area contributed by atoms with Crippen molar-refractivity contribution in [1.82, 2.24) is 4.31 Å². The van der Waals surface area contributed by atoms with Gasteiger partial charge in [0.1, 0.15) is 5.69 Å². The van der Waals surface area contributed by atoms with Gasteiger partial charge < -0.3 is 0 Å². The van der Waals surface area contributed by atoms with E-state index in [2.05, 4.69) is 10.5 Å². The lowest BCUT2D eigenvalue weighted by Crippen LogP contribution is -2.27. The first kappa shape index (κ1) is 21.0. The van der Waals surface area contributed by atoms with Gasteiger partial charge >= 0.3 is 0 Å². The molecule has 0 radical (unpaired) electrons. The molecule has 10 heteroatoms. The Hall–Kier alpha value is -2.75. The first-order valence-corrected chi connectivity index (χ1v) is 10.7. The molecule has 1 aliphatic rings. The maximum absolute atomic E-state index is 12.6. The van der Waals surface area contributed by atoms with Crippen molar-refractivity contribution < 1.29 is 13.3 Å². The lowest BCUT2D eigenvalue weighted by Gasteiger charge is -2.15. The summed E-state index contributed by atoms with van der Waals surface area (Å²) in [6.07, 6.45) is 4.57. The molecule has 0 saturated carbocycles. The highest BCUT2D eigenvalue weighted by Gasteiger charge is 2.29. The summed E-state index contributed by atoms with van der Waals surface area (Å²) in [6.45, 7) is 0.847. The highest BCUT2D eigenvalue weighted by molar-refractivity contribution is 7.89. The van der Waals surface area contributed by atoms with E-state index in [1.165, 1.54) is 22.7 Å². The third-order valence-corrected chi connectivity index (χ3v) is 6.45. The second-order valence-corrected chi connectivity index (χ2v) is 8.73. The standard InChI is InChI=1S/C19H19ClN4O4S/c20-16(12-15-6-2-1-3-7-15)14-21-22-18-9-8-17(13-19(18)24(25)26)29(27,28)23-10-4-5-11-23/h1-3,6-9,12-14,22H,4-5,10-11H2/b16-12-,21-14+. The van der Waals surface area contributed by atoms with Crippen LogP contribution in [-0.4, -0.2) is 37.0 Å². The van der Waals surface area contributed by atoms with Crippen LogP contribution in [0.15, 0.2) is 63.6 Å². The second kappa shape index (κ2) is 9.17. The van der Waals surface area contributed by atoms with Gasteiger partial charge in [-0.2, -0.15) is 9.41 Å². The fourth-order valence-electron chi connectivity index (χ4n) is 2.90. The number of rotatable bonds is 7. The topological polar surface area (TPSA) is 105 Å². The number of hydrazone groups is 1. The Balaban J connectivity index is 1.79. The van der Waals surface area contributed by atoms with Crippen LogP contribution in [0, 0.1) is 10.1 Å². The van der Waals surface area contributed by atoms with Crippen molar-refractivity contribution in [2.24, 2.45) is 5.10 Å². The van der Waals surface area contributed by atoms with Gasteiger partial charge in [-0.25, -0.2) is 8.42 Å². The zero-order valence-corrected chi connectivity index (χ0v) is 16.9. The van der Waals surface area contributed by atoms with E-state index in [-0.39, 0.29) is 16.3 Å². The van der Waals surface area contributed by atoms with E-state index >= 15 is 0 Å². The normalized spacial score (nSPS) is 15.7. The number of nitrogens with one attached hydrogen (secondary N) is 1. The summed E-state index contributed by atoms with van der Waals surface area (Å²) < 4.78 is 26.6. The third kappa shape index (κ3) is 5.20. The Morgan fingerprint density at radius 3 is 2.52 bits per heavy atom. The molecular formula is C19H19ClN4O4S. The Morgan fingerprint density at radius 2 is 1.86 bits per heavy atom. The minimum Gasteiger partial charge on any atom is -0.272 e. The van der Waals surface area contributed by atoms with Crippen molar-refractivity contribution in [1.29, 1.82) is 0 Å². The molecule has 29 heavy (non-hydrogen) atoms. The van der Waals surface area contributed by atoms with E-state index in [9.17, 15) is 18.5 Å². The molecule has 0 spiro atoms. The number of anilines is 1. The summed E-state index contributed by atoms with van der Waals surface area (Å²) >= 11 is 6.09. The average Bonchev–Trinajstić information content (AvgIpc) is 3.24. The number of hydrogen-bond donors (Lipinski definition) is 1. The van der Waals surface area contributed by atoms with Gasteiger partial charge in [0, 0.05) is 19.2 Å². The van der Waals surface area contributed by atoms with Crippen LogP contribution >= 0.6 is 11.6 Å². The first-order valence-electron chi connectivity index (χ1n) is 8.88. The highest BCUT2D eigenvalue weighted by atomic mass is 35.5. The van der Waals surface area contributed by atoms with E-state index in [0.29, 0.717) is 18.1 Å². The molecule has 3 rings (SSSR count). The molecule has 1 fully saturated rings. The summed E-state index contributed by atoms with van der Waals surface area (Å²) in [5, 5.41) is 15.7. The minimum absolute atomic E-state index is 0.0656. The number of allylic oxidation sites excluding steroid dienone is 1. The SMILES string of the molecule is O=[N+]([O-])c1cc(S(=O)(=O)N2CCCC2)ccc1N/N=C/C(Cl)=C/c1ccccc1. The van der Waals surface area contributed by atoms with Gasteiger partial charge in [0.15, 0.2) is 0 Å². The van der Waals surface area contributed by atoms with Gasteiger partial charge in [-0.1, -0.05) is 41.9 Å². The van der Waals surface area contributed by atoms with Crippen LogP contribution in [0.5, 0.6) is 0 Å². The number of halogens is 1. The van der Waals surface area contributed by atoms with E-state index in [4.69, 9.17) is 11.6 Å². The molecule has 1 saturated heterocycles. The zero-order valence-electron chi connectivity index (χ0n) is 15.4. The molecule has 0 aliphatic carbocycles. The van der Waals surface area contributed by atoms with Crippen LogP contribution in [0.1, 0.15) is 18.4 Å². The highest BCUT2D eigenvalue weighted by Crippen LogP contribution is 2.30. The molecule has 1 N–H and O–H groups in total. The van der Waals surface area contributed by atoms with Gasteiger partial charge in [0.05, 0.1) is 21.1 Å². The number of nitro groups is 1. The molecule has 1 aliphatic heterocycles. The predicted molar refractivity (Wildman–Crippen MR) is 113 cm³/mol. The Kier molecular flexibility index (Phi) is 6.63. The summed E-state index contributed by atoms with van der Waals surface area (Å²) in [7, 11) is -3.75. The molecule has 0 aromatic heterocycles. The number of benzene rings is 2.